The zero-order valence-corrected chi connectivity index (χ0v) is 22.6. The predicted octanol–water partition coefficient (Wildman–Crippen LogP) is 6.63. The maximum atomic E-state index is 13.0. The molecule has 6 heteroatoms. The number of carbonyl (C=O) groups is 1. The summed E-state index contributed by atoms with van der Waals surface area (Å²) in [7, 11) is 0. The van der Waals surface area contributed by atoms with Crippen LogP contribution >= 0.6 is 23.4 Å². The van der Waals surface area contributed by atoms with Gasteiger partial charge in [0.1, 0.15) is 5.75 Å². The number of carbonyl (C=O) groups excluding carboxylic acids is 1. The van der Waals surface area contributed by atoms with Gasteiger partial charge in [0.15, 0.2) is 0 Å². The molecule has 0 radical (unpaired) electrons. The normalized spacial score (nSPS) is 28.7. The summed E-state index contributed by atoms with van der Waals surface area (Å²) in [6.07, 6.45) is 10.8. The molecule has 192 valence electrons. The van der Waals surface area contributed by atoms with Crippen LogP contribution in [-0.4, -0.2) is 43.2 Å². The van der Waals surface area contributed by atoms with Crippen molar-refractivity contribution in [2.45, 2.75) is 68.5 Å². The van der Waals surface area contributed by atoms with Crippen molar-refractivity contribution in [2.75, 3.05) is 36.9 Å². The van der Waals surface area contributed by atoms with E-state index in [1.165, 1.54) is 49.0 Å². The maximum Gasteiger partial charge on any atom is 0.251 e. The molecule has 36 heavy (non-hydrogen) atoms. The fourth-order valence-corrected chi connectivity index (χ4v) is 8.29. The molecule has 0 aromatic heterocycles. The number of benzene rings is 2. The van der Waals surface area contributed by atoms with Crippen LogP contribution in [0.2, 0.25) is 5.02 Å². The number of amides is 1. The summed E-state index contributed by atoms with van der Waals surface area (Å²) >= 11 is 8.59. The number of halogens is 1. The Bertz CT molecular complexity index is 1120. The highest BCUT2D eigenvalue weighted by molar-refractivity contribution is 7.99. The van der Waals surface area contributed by atoms with Crippen molar-refractivity contribution in [1.29, 1.82) is 0 Å². The number of fused-ring (bicyclic) bond motifs is 4. The summed E-state index contributed by atoms with van der Waals surface area (Å²) in [5.74, 6) is 2.89. The summed E-state index contributed by atoms with van der Waals surface area (Å²) in [5.41, 5.74) is 4.53. The van der Waals surface area contributed by atoms with Crippen molar-refractivity contribution < 1.29 is 9.53 Å². The van der Waals surface area contributed by atoms with Gasteiger partial charge in [0.25, 0.3) is 5.91 Å². The largest absolute Gasteiger partial charge is 0.490 e. The second-order valence-corrected chi connectivity index (χ2v) is 13.0. The Hall–Kier alpha value is -1.85. The lowest BCUT2D eigenvalue weighted by molar-refractivity contribution is 0.0953. The van der Waals surface area contributed by atoms with Gasteiger partial charge in [-0.1, -0.05) is 30.5 Å². The number of rotatable bonds is 0. The van der Waals surface area contributed by atoms with Crippen molar-refractivity contribution in [2.24, 2.45) is 5.92 Å². The molecule has 0 unspecified atom stereocenters. The first kappa shape index (κ1) is 24.5. The van der Waals surface area contributed by atoms with Gasteiger partial charge in [-0.15, -0.1) is 0 Å². The van der Waals surface area contributed by atoms with Crippen LogP contribution in [0.4, 0.5) is 5.69 Å². The minimum absolute atomic E-state index is 0.0264. The third-order valence-corrected chi connectivity index (χ3v) is 10.6. The number of nitrogens with zero attached hydrogens (tertiary/aromatic N) is 1. The zero-order chi connectivity index (χ0) is 24.5. The molecule has 4 aliphatic rings. The van der Waals surface area contributed by atoms with Gasteiger partial charge in [0.05, 0.1) is 12.3 Å². The van der Waals surface area contributed by atoms with Gasteiger partial charge >= 0.3 is 0 Å². The van der Waals surface area contributed by atoms with Gasteiger partial charge in [0, 0.05) is 40.9 Å². The van der Waals surface area contributed by atoms with E-state index in [0.29, 0.717) is 12.5 Å². The van der Waals surface area contributed by atoms with E-state index in [4.69, 9.17) is 16.3 Å². The monoisotopic (exact) mass is 524 g/mol. The SMILES string of the molecule is O=C1NCCCCCCS[C@@H]2CC[C@@H]2CN2C[C@@]3(CCCc4cc(Cl)ccc43)COc3ccc1cc32. The molecule has 1 N–H and O–H groups in total. The van der Waals surface area contributed by atoms with Crippen LogP contribution in [0.25, 0.3) is 0 Å². The maximum absolute atomic E-state index is 13.0. The highest BCUT2D eigenvalue weighted by Gasteiger charge is 2.43. The first-order valence-corrected chi connectivity index (χ1v) is 15.2. The minimum atomic E-state index is -0.0627. The predicted molar refractivity (Wildman–Crippen MR) is 150 cm³/mol. The summed E-state index contributed by atoms with van der Waals surface area (Å²) in [5, 5.41) is 4.72. The molecule has 1 saturated carbocycles. The lowest BCUT2D eigenvalue weighted by Crippen LogP contribution is -2.49. The highest BCUT2D eigenvalue weighted by Crippen LogP contribution is 2.46. The van der Waals surface area contributed by atoms with Gasteiger partial charge in [-0.05, 0) is 98.1 Å². The van der Waals surface area contributed by atoms with Gasteiger partial charge in [-0.25, -0.2) is 0 Å². The molecule has 6 rings (SSSR count). The first-order chi connectivity index (χ1) is 17.6. The molecule has 1 spiro atoms. The fourth-order valence-electron chi connectivity index (χ4n) is 6.62. The van der Waals surface area contributed by atoms with Crippen LogP contribution in [0.3, 0.4) is 0 Å². The van der Waals surface area contributed by atoms with E-state index in [1.807, 2.05) is 18.2 Å². The van der Waals surface area contributed by atoms with E-state index in [9.17, 15) is 4.79 Å². The van der Waals surface area contributed by atoms with E-state index in [1.54, 1.807) is 0 Å². The molecule has 0 saturated heterocycles. The van der Waals surface area contributed by atoms with Crippen molar-refractivity contribution in [3.05, 3.63) is 58.1 Å². The smallest absolute Gasteiger partial charge is 0.251 e. The molecule has 2 aromatic carbocycles. The molecule has 2 aromatic rings. The number of thioether (sulfide) groups is 1. The van der Waals surface area contributed by atoms with Crippen LogP contribution in [0.15, 0.2) is 36.4 Å². The van der Waals surface area contributed by atoms with Crippen molar-refractivity contribution in [3.8, 4) is 5.75 Å². The number of anilines is 1. The van der Waals surface area contributed by atoms with Gasteiger partial charge < -0.3 is 15.0 Å². The highest BCUT2D eigenvalue weighted by atomic mass is 35.5. The van der Waals surface area contributed by atoms with E-state index >= 15 is 0 Å². The quantitative estimate of drug-likeness (QED) is 0.420. The molecular formula is C30H37ClN2O2S. The summed E-state index contributed by atoms with van der Waals surface area (Å²) in [6.45, 7) is 3.37. The molecule has 4 nitrogen and oxygen atoms in total. The molecule has 2 bridgehead atoms. The second kappa shape index (κ2) is 10.5. The number of aryl methyl sites for hydroxylation is 1. The Kier molecular flexibility index (Phi) is 7.14. The molecule has 1 amide bonds. The van der Waals surface area contributed by atoms with Crippen molar-refractivity contribution in [1.82, 2.24) is 5.32 Å². The second-order valence-electron chi connectivity index (χ2n) is 11.2. The minimum Gasteiger partial charge on any atom is -0.490 e. The average Bonchev–Trinajstić information content (AvgIpc) is 3.02. The molecule has 2 aliphatic heterocycles. The Morgan fingerprint density at radius 2 is 1.97 bits per heavy atom. The van der Waals surface area contributed by atoms with Crippen molar-refractivity contribution in [3.63, 3.8) is 0 Å². The summed E-state index contributed by atoms with van der Waals surface area (Å²) in [6, 6.07) is 12.5. The Morgan fingerprint density at radius 1 is 1.06 bits per heavy atom. The van der Waals surface area contributed by atoms with Crippen LogP contribution in [0, 0.1) is 5.92 Å². The standard InChI is InChI=1S/C30H37ClN2O2S/c31-24-9-10-25-21(16-24)6-5-13-30(25)19-33-18-23-8-12-28(23)36-15-4-2-1-3-14-32-29(34)22-7-11-27(35-20-30)26(33)17-22/h7,9-11,16-17,23,28H,1-6,8,12-15,18-20H2,(H,32,34)/t23-,28-,30+/m1/s1. The molecular weight excluding hydrogens is 488 g/mol. The van der Waals surface area contributed by atoms with Crippen LogP contribution in [0.1, 0.15) is 72.9 Å². The number of hydrogen-bond donors (Lipinski definition) is 1. The zero-order valence-electron chi connectivity index (χ0n) is 21.1. The average molecular weight is 525 g/mol. The van der Waals surface area contributed by atoms with E-state index in [-0.39, 0.29) is 11.3 Å². The van der Waals surface area contributed by atoms with Crippen LogP contribution in [-0.2, 0) is 11.8 Å². The fraction of sp³-hybridized carbons (Fsp3) is 0.567. The Balaban J connectivity index is 1.37. The molecule has 1 fully saturated rings. The summed E-state index contributed by atoms with van der Waals surface area (Å²) < 4.78 is 6.60. The van der Waals surface area contributed by atoms with E-state index in [0.717, 1.165) is 72.6 Å². The molecule has 2 heterocycles. The topological polar surface area (TPSA) is 41.6 Å². The third kappa shape index (κ3) is 4.86. The van der Waals surface area contributed by atoms with E-state index in [2.05, 4.69) is 40.2 Å². The van der Waals surface area contributed by atoms with Gasteiger partial charge in [-0.3, -0.25) is 4.79 Å². The van der Waals surface area contributed by atoms with Gasteiger partial charge in [-0.2, -0.15) is 11.8 Å². The number of nitrogens with one attached hydrogen (secondary N) is 1. The Morgan fingerprint density at radius 3 is 2.86 bits per heavy atom. The van der Waals surface area contributed by atoms with Crippen LogP contribution < -0.4 is 15.0 Å². The lowest BCUT2D eigenvalue weighted by atomic mass is 9.70. The van der Waals surface area contributed by atoms with Crippen LogP contribution in [0.5, 0.6) is 5.75 Å². The molecule has 2 aliphatic carbocycles. The number of ether oxygens (including phenoxy) is 1. The van der Waals surface area contributed by atoms with Crippen molar-refractivity contribution >= 4 is 35.0 Å². The number of hydrogen-bond acceptors (Lipinski definition) is 4. The lowest BCUT2D eigenvalue weighted by Gasteiger charge is -2.44. The summed E-state index contributed by atoms with van der Waals surface area (Å²) in [4.78, 5) is 15.6. The Labute approximate surface area is 224 Å². The first-order valence-electron chi connectivity index (χ1n) is 13.8. The third-order valence-electron chi connectivity index (χ3n) is 8.79. The molecule has 3 atom stereocenters. The van der Waals surface area contributed by atoms with Gasteiger partial charge in [0.2, 0.25) is 0 Å². The van der Waals surface area contributed by atoms with E-state index < -0.39 is 0 Å².